The summed E-state index contributed by atoms with van der Waals surface area (Å²) in [5.74, 6) is 0.0930. The highest BCUT2D eigenvalue weighted by Crippen LogP contribution is 2.26. The Morgan fingerprint density at radius 1 is 1.35 bits per heavy atom. The van der Waals surface area contributed by atoms with Crippen molar-refractivity contribution < 1.29 is 14.5 Å². The zero-order chi connectivity index (χ0) is 16.8. The smallest absolute Gasteiger partial charge is 0.288 e. The van der Waals surface area contributed by atoms with Crippen LogP contribution in [0.1, 0.15) is 10.4 Å². The van der Waals surface area contributed by atoms with Crippen LogP contribution in [0.25, 0.3) is 0 Å². The number of rotatable bonds is 6. The molecular formula is C16H13ClN2O4. The quantitative estimate of drug-likeness (QED) is 0.491. The number of hydrogen-bond acceptors (Lipinski definition) is 4. The molecule has 0 aliphatic heterocycles. The van der Waals surface area contributed by atoms with Crippen LogP contribution in [0, 0.1) is 10.1 Å². The van der Waals surface area contributed by atoms with Crippen LogP contribution in [0.5, 0.6) is 5.75 Å². The SMILES string of the molecule is C=CCOc1cccc(NC(=O)c2ccc(Cl)c([N+](=O)[O-])c2)c1. The van der Waals surface area contributed by atoms with E-state index in [1.807, 2.05) is 0 Å². The Labute approximate surface area is 137 Å². The van der Waals surface area contributed by atoms with E-state index in [9.17, 15) is 14.9 Å². The zero-order valence-electron chi connectivity index (χ0n) is 12.0. The van der Waals surface area contributed by atoms with Gasteiger partial charge in [0.15, 0.2) is 0 Å². The summed E-state index contributed by atoms with van der Waals surface area (Å²) in [6, 6.07) is 10.7. The highest BCUT2D eigenvalue weighted by molar-refractivity contribution is 6.32. The first-order valence-corrected chi connectivity index (χ1v) is 6.98. The summed E-state index contributed by atoms with van der Waals surface area (Å²) in [6.45, 7) is 3.90. The van der Waals surface area contributed by atoms with Gasteiger partial charge in [-0.3, -0.25) is 14.9 Å². The van der Waals surface area contributed by atoms with E-state index in [2.05, 4.69) is 11.9 Å². The first kappa shape index (κ1) is 16.5. The number of nitro benzene ring substituents is 1. The maximum absolute atomic E-state index is 12.2. The first-order chi connectivity index (χ1) is 11.0. The molecule has 0 saturated heterocycles. The number of nitro groups is 1. The molecule has 0 unspecified atom stereocenters. The maximum Gasteiger partial charge on any atom is 0.288 e. The van der Waals surface area contributed by atoms with Gasteiger partial charge in [-0.2, -0.15) is 0 Å². The fourth-order valence-electron chi connectivity index (χ4n) is 1.82. The monoisotopic (exact) mass is 332 g/mol. The summed E-state index contributed by atoms with van der Waals surface area (Å²) in [6.07, 6.45) is 1.61. The molecule has 0 bridgehead atoms. The number of anilines is 1. The van der Waals surface area contributed by atoms with Crippen molar-refractivity contribution in [3.63, 3.8) is 0 Å². The zero-order valence-corrected chi connectivity index (χ0v) is 12.7. The van der Waals surface area contributed by atoms with E-state index < -0.39 is 10.8 Å². The van der Waals surface area contributed by atoms with Crippen LogP contribution in [-0.2, 0) is 0 Å². The Morgan fingerprint density at radius 2 is 2.13 bits per heavy atom. The Hall–Kier alpha value is -2.86. The third-order valence-electron chi connectivity index (χ3n) is 2.86. The Balaban J connectivity index is 2.17. The standard InChI is InChI=1S/C16H13ClN2O4/c1-2-8-23-13-5-3-4-12(10-13)18-16(20)11-6-7-14(17)15(9-11)19(21)22/h2-7,9-10H,1,8H2,(H,18,20). The number of hydrogen-bond donors (Lipinski definition) is 1. The van der Waals surface area contributed by atoms with E-state index in [1.165, 1.54) is 12.1 Å². The number of nitrogens with zero attached hydrogens (tertiary/aromatic N) is 1. The predicted molar refractivity (Wildman–Crippen MR) is 88.2 cm³/mol. The Bertz CT molecular complexity index is 761. The molecule has 0 radical (unpaired) electrons. The number of ether oxygens (including phenoxy) is 1. The summed E-state index contributed by atoms with van der Waals surface area (Å²) in [5, 5.41) is 13.5. The lowest BCUT2D eigenvalue weighted by Gasteiger charge is -2.08. The molecule has 2 aromatic carbocycles. The van der Waals surface area contributed by atoms with E-state index in [0.29, 0.717) is 18.0 Å². The molecule has 0 aliphatic carbocycles. The topological polar surface area (TPSA) is 81.5 Å². The number of carbonyl (C=O) groups is 1. The number of nitrogens with one attached hydrogen (secondary N) is 1. The molecule has 0 saturated carbocycles. The largest absolute Gasteiger partial charge is 0.489 e. The fourth-order valence-corrected chi connectivity index (χ4v) is 2.00. The van der Waals surface area contributed by atoms with Crippen molar-refractivity contribution in [2.45, 2.75) is 0 Å². The minimum absolute atomic E-state index is 0.0219. The van der Waals surface area contributed by atoms with Crippen LogP contribution in [-0.4, -0.2) is 17.4 Å². The highest BCUT2D eigenvalue weighted by atomic mass is 35.5. The van der Waals surface area contributed by atoms with Gasteiger partial charge in [0.05, 0.1) is 4.92 Å². The second-order valence-electron chi connectivity index (χ2n) is 4.50. The van der Waals surface area contributed by atoms with Gasteiger partial charge in [0, 0.05) is 23.4 Å². The van der Waals surface area contributed by atoms with Gasteiger partial charge < -0.3 is 10.1 Å². The van der Waals surface area contributed by atoms with E-state index in [4.69, 9.17) is 16.3 Å². The Kier molecular flexibility index (Phi) is 5.32. The molecule has 1 N–H and O–H groups in total. The van der Waals surface area contributed by atoms with Gasteiger partial charge in [-0.05, 0) is 24.3 Å². The van der Waals surface area contributed by atoms with Crippen molar-refractivity contribution in [3.8, 4) is 5.75 Å². The van der Waals surface area contributed by atoms with Crippen molar-refractivity contribution in [3.05, 3.63) is 75.8 Å². The van der Waals surface area contributed by atoms with E-state index in [0.717, 1.165) is 6.07 Å². The Morgan fingerprint density at radius 3 is 2.83 bits per heavy atom. The van der Waals surface area contributed by atoms with Gasteiger partial charge in [0.2, 0.25) is 0 Å². The van der Waals surface area contributed by atoms with Crippen LogP contribution < -0.4 is 10.1 Å². The predicted octanol–water partition coefficient (Wildman–Crippen LogP) is 4.07. The highest BCUT2D eigenvalue weighted by Gasteiger charge is 2.16. The average Bonchev–Trinajstić information content (AvgIpc) is 2.53. The van der Waals surface area contributed by atoms with E-state index in [-0.39, 0.29) is 16.3 Å². The maximum atomic E-state index is 12.2. The lowest BCUT2D eigenvalue weighted by atomic mass is 10.2. The van der Waals surface area contributed by atoms with E-state index in [1.54, 1.807) is 30.3 Å². The molecule has 0 spiro atoms. The summed E-state index contributed by atoms with van der Waals surface area (Å²) in [5.41, 5.74) is 0.329. The lowest BCUT2D eigenvalue weighted by Crippen LogP contribution is -2.12. The van der Waals surface area contributed by atoms with Gasteiger partial charge >= 0.3 is 0 Å². The van der Waals surface area contributed by atoms with Crippen LogP contribution in [0.3, 0.4) is 0 Å². The molecule has 1 amide bonds. The second-order valence-corrected chi connectivity index (χ2v) is 4.91. The van der Waals surface area contributed by atoms with Gasteiger partial charge in [-0.15, -0.1) is 0 Å². The van der Waals surface area contributed by atoms with Crippen molar-refractivity contribution in [2.75, 3.05) is 11.9 Å². The van der Waals surface area contributed by atoms with Crippen LogP contribution in [0.15, 0.2) is 55.1 Å². The van der Waals surface area contributed by atoms with Crippen LogP contribution >= 0.6 is 11.6 Å². The van der Waals surface area contributed by atoms with Crippen LogP contribution in [0.2, 0.25) is 5.02 Å². The summed E-state index contributed by atoms with van der Waals surface area (Å²) >= 11 is 5.73. The molecule has 7 heteroatoms. The molecule has 2 rings (SSSR count). The van der Waals surface area contributed by atoms with Crippen LogP contribution in [0.4, 0.5) is 11.4 Å². The third-order valence-corrected chi connectivity index (χ3v) is 3.18. The fraction of sp³-hybridized carbons (Fsp3) is 0.0625. The van der Waals surface area contributed by atoms with Crippen molar-refractivity contribution in [1.29, 1.82) is 0 Å². The number of benzene rings is 2. The van der Waals surface area contributed by atoms with E-state index >= 15 is 0 Å². The molecule has 0 atom stereocenters. The molecule has 0 aromatic heterocycles. The minimum atomic E-state index is -0.636. The van der Waals surface area contributed by atoms with Gasteiger partial charge in [-0.1, -0.05) is 30.3 Å². The molecule has 2 aromatic rings. The van der Waals surface area contributed by atoms with Crippen molar-refractivity contribution in [1.82, 2.24) is 0 Å². The second kappa shape index (κ2) is 7.42. The number of carbonyl (C=O) groups excluding carboxylic acids is 1. The third kappa shape index (κ3) is 4.31. The minimum Gasteiger partial charge on any atom is -0.489 e. The van der Waals surface area contributed by atoms with Gasteiger partial charge in [0.25, 0.3) is 11.6 Å². The normalized spacial score (nSPS) is 9.96. The first-order valence-electron chi connectivity index (χ1n) is 6.60. The molecule has 6 nitrogen and oxygen atoms in total. The lowest BCUT2D eigenvalue weighted by molar-refractivity contribution is -0.384. The molecule has 0 fully saturated rings. The molecule has 23 heavy (non-hydrogen) atoms. The van der Waals surface area contributed by atoms with Gasteiger partial charge in [0.1, 0.15) is 17.4 Å². The molecular weight excluding hydrogens is 320 g/mol. The van der Waals surface area contributed by atoms with Crippen molar-refractivity contribution >= 4 is 28.9 Å². The average molecular weight is 333 g/mol. The number of amides is 1. The number of halogens is 1. The summed E-state index contributed by atoms with van der Waals surface area (Å²) < 4.78 is 5.37. The molecule has 0 aliphatic rings. The molecule has 0 heterocycles. The van der Waals surface area contributed by atoms with Crippen molar-refractivity contribution in [2.24, 2.45) is 0 Å². The summed E-state index contributed by atoms with van der Waals surface area (Å²) in [4.78, 5) is 22.4. The summed E-state index contributed by atoms with van der Waals surface area (Å²) in [7, 11) is 0. The molecule has 118 valence electrons. The van der Waals surface area contributed by atoms with Gasteiger partial charge in [-0.25, -0.2) is 0 Å².